The van der Waals surface area contributed by atoms with Gasteiger partial charge in [-0.05, 0) is 20.8 Å². The molecule has 2 aliphatic rings. The van der Waals surface area contributed by atoms with E-state index in [2.05, 4.69) is 0 Å². The molecule has 2 saturated heterocycles. The van der Waals surface area contributed by atoms with Gasteiger partial charge in [-0.2, -0.15) is 0 Å². The molecule has 3 heteroatoms. The standard InChI is InChI=1S/C8H14O3/c1-5-7-6(4-9-5)10-8(2,3)11-7/h5-7H,4H2,1-3H3/t5-,6-,7?/m1/s1. The van der Waals surface area contributed by atoms with Crippen LogP contribution in [0.5, 0.6) is 0 Å². The quantitative estimate of drug-likeness (QED) is 0.524. The zero-order valence-electron chi connectivity index (χ0n) is 7.16. The van der Waals surface area contributed by atoms with E-state index in [4.69, 9.17) is 14.2 Å². The summed E-state index contributed by atoms with van der Waals surface area (Å²) in [6.07, 6.45) is 0.478. The van der Waals surface area contributed by atoms with E-state index in [-0.39, 0.29) is 18.3 Å². The van der Waals surface area contributed by atoms with E-state index >= 15 is 0 Å². The van der Waals surface area contributed by atoms with Gasteiger partial charge in [0, 0.05) is 0 Å². The normalized spacial score (nSPS) is 47.7. The Labute approximate surface area is 66.6 Å². The molecule has 11 heavy (non-hydrogen) atoms. The third-order valence-electron chi connectivity index (χ3n) is 2.21. The van der Waals surface area contributed by atoms with Gasteiger partial charge in [0.25, 0.3) is 0 Å². The first-order chi connectivity index (χ1) is 5.08. The molecule has 0 radical (unpaired) electrons. The van der Waals surface area contributed by atoms with Crippen LogP contribution in [0, 0.1) is 0 Å². The second-order valence-corrected chi connectivity index (χ2v) is 3.68. The molecule has 2 aliphatic heterocycles. The SMILES string of the molecule is C[C@H]1OC[C@H]2OC(C)(C)OC12. The van der Waals surface area contributed by atoms with E-state index in [1.807, 2.05) is 20.8 Å². The highest BCUT2D eigenvalue weighted by molar-refractivity contribution is 4.89. The molecule has 0 amide bonds. The third-order valence-corrected chi connectivity index (χ3v) is 2.21. The first kappa shape index (κ1) is 7.53. The van der Waals surface area contributed by atoms with Crippen LogP contribution in [-0.2, 0) is 14.2 Å². The fraction of sp³-hybridized carbons (Fsp3) is 1.00. The summed E-state index contributed by atoms with van der Waals surface area (Å²) in [5.74, 6) is -0.409. The van der Waals surface area contributed by atoms with Gasteiger partial charge in [-0.25, -0.2) is 0 Å². The van der Waals surface area contributed by atoms with E-state index in [9.17, 15) is 0 Å². The van der Waals surface area contributed by atoms with Crippen molar-refractivity contribution in [2.24, 2.45) is 0 Å². The second kappa shape index (κ2) is 2.19. The zero-order valence-corrected chi connectivity index (χ0v) is 7.16. The molecule has 2 heterocycles. The van der Waals surface area contributed by atoms with Crippen LogP contribution in [0.3, 0.4) is 0 Å². The van der Waals surface area contributed by atoms with Crippen LogP contribution < -0.4 is 0 Å². The van der Waals surface area contributed by atoms with E-state index in [1.165, 1.54) is 0 Å². The molecule has 0 saturated carbocycles. The zero-order chi connectivity index (χ0) is 8.06. The molecule has 3 nitrogen and oxygen atoms in total. The van der Waals surface area contributed by atoms with Crippen molar-refractivity contribution in [3.05, 3.63) is 0 Å². The lowest BCUT2D eigenvalue weighted by Gasteiger charge is -2.19. The van der Waals surface area contributed by atoms with E-state index in [0.717, 1.165) is 0 Å². The highest BCUT2D eigenvalue weighted by Gasteiger charge is 2.48. The molecule has 0 aromatic heterocycles. The number of hydrogen-bond acceptors (Lipinski definition) is 3. The Morgan fingerprint density at radius 2 is 2.00 bits per heavy atom. The molecule has 2 rings (SSSR count). The average molecular weight is 158 g/mol. The van der Waals surface area contributed by atoms with Crippen LogP contribution in [0.1, 0.15) is 20.8 Å². The van der Waals surface area contributed by atoms with Crippen molar-refractivity contribution < 1.29 is 14.2 Å². The summed E-state index contributed by atoms with van der Waals surface area (Å²) in [6.45, 7) is 6.58. The van der Waals surface area contributed by atoms with Crippen LogP contribution >= 0.6 is 0 Å². The summed E-state index contributed by atoms with van der Waals surface area (Å²) in [5, 5.41) is 0. The lowest BCUT2D eigenvalue weighted by molar-refractivity contribution is -0.173. The summed E-state index contributed by atoms with van der Waals surface area (Å²) in [7, 11) is 0. The molecule has 0 N–H and O–H groups in total. The van der Waals surface area contributed by atoms with Gasteiger partial charge in [-0.15, -0.1) is 0 Å². The van der Waals surface area contributed by atoms with Crippen LogP contribution in [-0.4, -0.2) is 30.7 Å². The highest BCUT2D eigenvalue weighted by Crippen LogP contribution is 2.34. The van der Waals surface area contributed by atoms with Crippen molar-refractivity contribution in [3.63, 3.8) is 0 Å². The molecule has 3 atom stereocenters. The Morgan fingerprint density at radius 3 is 2.64 bits per heavy atom. The summed E-state index contributed by atoms with van der Waals surface area (Å²) in [6, 6.07) is 0. The molecule has 0 aromatic carbocycles. The summed E-state index contributed by atoms with van der Waals surface area (Å²) < 4.78 is 16.6. The molecular formula is C8H14O3. The van der Waals surface area contributed by atoms with Crippen molar-refractivity contribution in [1.82, 2.24) is 0 Å². The molecule has 2 fully saturated rings. The molecule has 0 spiro atoms. The predicted octanol–water partition coefficient (Wildman–Crippen LogP) is 0.925. The van der Waals surface area contributed by atoms with Crippen molar-refractivity contribution in [3.8, 4) is 0 Å². The van der Waals surface area contributed by atoms with Crippen molar-refractivity contribution in [1.29, 1.82) is 0 Å². The van der Waals surface area contributed by atoms with Gasteiger partial charge in [0.2, 0.25) is 0 Å². The van der Waals surface area contributed by atoms with Gasteiger partial charge in [-0.1, -0.05) is 0 Å². The Hall–Kier alpha value is -0.120. The maximum Gasteiger partial charge on any atom is 0.164 e. The first-order valence-corrected chi connectivity index (χ1v) is 4.06. The molecular weight excluding hydrogens is 144 g/mol. The predicted molar refractivity (Wildman–Crippen MR) is 39.2 cm³/mol. The van der Waals surface area contributed by atoms with Crippen molar-refractivity contribution >= 4 is 0 Å². The third kappa shape index (κ3) is 1.17. The minimum Gasteiger partial charge on any atom is -0.373 e. The first-order valence-electron chi connectivity index (χ1n) is 4.06. The van der Waals surface area contributed by atoms with Crippen LogP contribution in [0.15, 0.2) is 0 Å². The van der Waals surface area contributed by atoms with Gasteiger partial charge in [0.15, 0.2) is 5.79 Å². The fourth-order valence-electron chi connectivity index (χ4n) is 1.73. The molecule has 1 unspecified atom stereocenters. The van der Waals surface area contributed by atoms with Gasteiger partial charge in [-0.3, -0.25) is 0 Å². The highest BCUT2D eigenvalue weighted by atomic mass is 16.8. The maximum atomic E-state index is 5.64. The fourth-order valence-corrected chi connectivity index (χ4v) is 1.73. The summed E-state index contributed by atoms with van der Waals surface area (Å²) >= 11 is 0. The molecule has 0 aliphatic carbocycles. The minimum atomic E-state index is -0.409. The Kier molecular flexibility index (Phi) is 1.50. The Balaban J connectivity index is 2.10. The molecule has 0 aromatic rings. The minimum absolute atomic E-state index is 0.144. The smallest absolute Gasteiger partial charge is 0.164 e. The Morgan fingerprint density at radius 1 is 1.27 bits per heavy atom. The lowest BCUT2D eigenvalue weighted by atomic mass is 10.2. The van der Waals surface area contributed by atoms with Gasteiger partial charge >= 0.3 is 0 Å². The number of hydrogen-bond donors (Lipinski definition) is 0. The largest absolute Gasteiger partial charge is 0.373 e. The van der Waals surface area contributed by atoms with Gasteiger partial charge in [0.1, 0.15) is 12.2 Å². The van der Waals surface area contributed by atoms with Crippen LogP contribution in [0.25, 0.3) is 0 Å². The van der Waals surface area contributed by atoms with E-state index in [0.29, 0.717) is 6.61 Å². The second-order valence-electron chi connectivity index (χ2n) is 3.68. The topological polar surface area (TPSA) is 27.7 Å². The molecule has 0 bridgehead atoms. The van der Waals surface area contributed by atoms with Gasteiger partial charge in [0.05, 0.1) is 12.7 Å². The van der Waals surface area contributed by atoms with E-state index < -0.39 is 5.79 Å². The number of rotatable bonds is 0. The molecule has 64 valence electrons. The summed E-state index contributed by atoms with van der Waals surface area (Å²) in [5.41, 5.74) is 0. The van der Waals surface area contributed by atoms with Crippen molar-refractivity contribution in [2.75, 3.05) is 6.61 Å². The van der Waals surface area contributed by atoms with Gasteiger partial charge < -0.3 is 14.2 Å². The van der Waals surface area contributed by atoms with Crippen LogP contribution in [0.2, 0.25) is 0 Å². The van der Waals surface area contributed by atoms with E-state index in [1.54, 1.807) is 0 Å². The average Bonchev–Trinajstić information content (AvgIpc) is 2.31. The number of fused-ring (bicyclic) bond motifs is 1. The Bertz CT molecular complexity index is 167. The summed E-state index contributed by atoms with van der Waals surface area (Å²) in [4.78, 5) is 0. The monoisotopic (exact) mass is 158 g/mol. The number of ether oxygens (including phenoxy) is 3. The maximum absolute atomic E-state index is 5.64. The van der Waals surface area contributed by atoms with Crippen LogP contribution in [0.4, 0.5) is 0 Å². The van der Waals surface area contributed by atoms with Crippen molar-refractivity contribution in [2.45, 2.75) is 44.9 Å². The lowest BCUT2D eigenvalue weighted by Crippen LogP contribution is -2.27.